The van der Waals surface area contributed by atoms with E-state index in [1.54, 1.807) is 6.07 Å². The number of quaternary nitrogens is 1. The number of benzene rings is 1. The van der Waals surface area contributed by atoms with Gasteiger partial charge in [-0.3, -0.25) is 0 Å². The monoisotopic (exact) mass is 187 g/mol. The zero-order valence-electron chi connectivity index (χ0n) is 6.69. The van der Waals surface area contributed by atoms with Crippen molar-refractivity contribution in [3.63, 3.8) is 0 Å². The van der Waals surface area contributed by atoms with Gasteiger partial charge in [-0.15, -0.1) is 0 Å². The molecular weight excluding hydrogens is 177 g/mol. The van der Waals surface area contributed by atoms with E-state index in [2.05, 4.69) is 5.73 Å². The molecule has 0 aliphatic heterocycles. The molecular formula is C9H11ClFN. The average molecular weight is 188 g/mol. The van der Waals surface area contributed by atoms with E-state index in [4.69, 9.17) is 0 Å². The van der Waals surface area contributed by atoms with Crippen LogP contribution in [0.3, 0.4) is 0 Å². The van der Waals surface area contributed by atoms with E-state index < -0.39 is 0 Å². The standard InChI is InChI=1S/C9H10FN.ClH/c10-7-2-3-8-6(5-7)1-4-9(8)11;/h2-3,5,9H,1,4,11H2;1H/t9-;/m1./s1. The second-order valence-corrected chi connectivity index (χ2v) is 3.08. The van der Waals surface area contributed by atoms with E-state index in [0.29, 0.717) is 6.04 Å². The molecule has 0 fully saturated rings. The molecule has 1 aliphatic carbocycles. The van der Waals surface area contributed by atoms with Gasteiger partial charge in [0.15, 0.2) is 0 Å². The minimum Gasteiger partial charge on any atom is -1.00 e. The van der Waals surface area contributed by atoms with Crippen LogP contribution in [-0.4, -0.2) is 0 Å². The molecule has 1 atom stereocenters. The summed E-state index contributed by atoms with van der Waals surface area (Å²) in [6.45, 7) is 0. The van der Waals surface area contributed by atoms with Gasteiger partial charge in [-0.2, -0.15) is 0 Å². The van der Waals surface area contributed by atoms with Gasteiger partial charge in [0.2, 0.25) is 0 Å². The lowest BCUT2D eigenvalue weighted by Crippen LogP contribution is -3.00. The van der Waals surface area contributed by atoms with Gasteiger partial charge < -0.3 is 18.1 Å². The maximum absolute atomic E-state index is 12.7. The highest BCUT2D eigenvalue weighted by atomic mass is 35.5. The molecule has 0 saturated heterocycles. The van der Waals surface area contributed by atoms with Crippen LogP contribution in [0.15, 0.2) is 18.2 Å². The van der Waals surface area contributed by atoms with Crippen LogP contribution in [0.2, 0.25) is 0 Å². The van der Waals surface area contributed by atoms with Crippen LogP contribution < -0.4 is 18.1 Å². The molecule has 0 heterocycles. The first kappa shape index (κ1) is 9.49. The van der Waals surface area contributed by atoms with Crippen molar-refractivity contribution in [1.29, 1.82) is 0 Å². The number of hydrogen-bond donors (Lipinski definition) is 1. The van der Waals surface area contributed by atoms with Crippen LogP contribution in [0.25, 0.3) is 0 Å². The maximum Gasteiger partial charge on any atom is 0.123 e. The van der Waals surface area contributed by atoms with Crippen molar-refractivity contribution in [2.24, 2.45) is 0 Å². The highest BCUT2D eigenvalue weighted by Crippen LogP contribution is 2.27. The van der Waals surface area contributed by atoms with Crippen LogP contribution in [0.1, 0.15) is 23.6 Å². The van der Waals surface area contributed by atoms with Crippen LogP contribution in [0.4, 0.5) is 4.39 Å². The van der Waals surface area contributed by atoms with Crippen molar-refractivity contribution in [1.82, 2.24) is 0 Å². The van der Waals surface area contributed by atoms with Crippen LogP contribution in [0, 0.1) is 5.82 Å². The Morgan fingerprint density at radius 2 is 2.17 bits per heavy atom. The van der Waals surface area contributed by atoms with Crippen LogP contribution in [-0.2, 0) is 6.42 Å². The van der Waals surface area contributed by atoms with Gasteiger partial charge in [-0.05, 0) is 30.2 Å². The summed E-state index contributed by atoms with van der Waals surface area (Å²) in [6.07, 6.45) is 2.06. The first-order chi connectivity index (χ1) is 5.27. The van der Waals surface area contributed by atoms with Gasteiger partial charge in [0.25, 0.3) is 0 Å². The molecule has 1 aromatic rings. The highest BCUT2D eigenvalue weighted by molar-refractivity contribution is 5.33. The molecule has 0 spiro atoms. The Labute approximate surface area is 77.2 Å². The van der Waals surface area contributed by atoms with E-state index in [1.165, 1.54) is 11.6 Å². The normalized spacial score (nSPS) is 20.0. The molecule has 12 heavy (non-hydrogen) atoms. The Kier molecular flexibility index (Phi) is 2.70. The maximum atomic E-state index is 12.7. The largest absolute Gasteiger partial charge is 1.00 e. The average Bonchev–Trinajstić information content (AvgIpc) is 2.32. The fourth-order valence-electron chi connectivity index (χ4n) is 1.67. The second kappa shape index (κ2) is 3.42. The topological polar surface area (TPSA) is 27.6 Å². The molecule has 0 unspecified atom stereocenters. The Morgan fingerprint density at radius 3 is 2.92 bits per heavy atom. The zero-order valence-corrected chi connectivity index (χ0v) is 7.44. The van der Waals surface area contributed by atoms with Crippen molar-refractivity contribution < 1.29 is 22.5 Å². The zero-order chi connectivity index (χ0) is 7.84. The Morgan fingerprint density at radius 1 is 1.42 bits per heavy atom. The number of fused-ring (bicyclic) bond motifs is 1. The third-order valence-corrected chi connectivity index (χ3v) is 2.31. The Hall–Kier alpha value is -0.600. The molecule has 1 aromatic carbocycles. The minimum absolute atomic E-state index is 0. The third kappa shape index (κ3) is 1.45. The fourth-order valence-corrected chi connectivity index (χ4v) is 1.67. The Bertz CT molecular complexity index is 288. The molecule has 0 amide bonds. The van der Waals surface area contributed by atoms with Crippen molar-refractivity contribution in [2.45, 2.75) is 18.9 Å². The smallest absolute Gasteiger partial charge is 0.123 e. The van der Waals surface area contributed by atoms with Gasteiger partial charge in [-0.1, -0.05) is 0 Å². The molecule has 1 nitrogen and oxygen atoms in total. The van der Waals surface area contributed by atoms with Gasteiger partial charge in [0.05, 0.1) is 0 Å². The molecule has 1 aliphatic rings. The molecule has 0 saturated carbocycles. The fraction of sp³-hybridized carbons (Fsp3) is 0.333. The second-order valence-electron chi connectivity index (χ2n) is 3.08. The van der Waals surface area contributed by atoms with E-state index in [-0.39, 0.29) is 18.2 Å². The van der Waals surface area contributed by atoms with Crippen LogP contribution in [0.5, 0.6) is 0 Å². The lowest BCUT2D eigenvalue weighted by atomic mass is 10.1. The molecule has 3 heteroatoms. The van der Waals surface area contributed by atoms with Crippen molar-refractivity contribution in [3.05, 3.63) is 35.1 Å². The van der Waals surface area contributed by atoms with Crippen LogP contribution >= 0.6 is 0 Å². The number of halogens is 2. The van der Waals surface area contributed by atoms with E-state index in [0.717, 1.165) is 18.4 Å². The van der Waals surface area contributed by atoms with E-state index in [9.17, 15) is 4.39 Å². The van der Waals surface area contributed by atoms with Crippen molar-refractivity contribution >= 4 is 0 Å². The van der Waals surface area contributed by atoms with Crippen molar-refractivity contribution in [3.8, 4) is 0 Å². The van der Waals surface area contributed by atoms with E-state index in [1.807, 2.05) is 6.07 Å². The van der Waals surface area contributed by atoms with Gasteiger partial charge in [0.1, 0.15) is 11.9 Å². The lowest BCUT2D eigenvalue weighted by molar-refractivity contribution is -0.425. The quantitative estimate of drug-likeness (QED) is 0.490. The SMILES string of the molecule is [Cl-].[NH3+][C@@H]1CCc2cc(F)ccc21. The summed E-state index contributed by atoms with van der Waals surface area (Å²) in [5.74, 6) is -0.127. The summed E-state index contributed by atoms with van der Waals surface area (Å²) >= 11 is 0. The lowest BCUT2D eigenvalue weighted by Gasteiger charge is -1.99. The molecule has 3 N–H and O–H groups in total. The van der Waals surface area contributed by atoms with Gasteiger partial charge >= 0.3 is 0 Å². The summed E-state index contributed by atoms with van der Waals surface area (Å²) in [6, 6.07) is 5.38. The molecule has 0 aromatic heterocycles. The predicted octanol–water partition coefficient (Wildman–Crippen LogP) is -1.94. The molecule has 0 radical (unpaired) electrons. The summed E-state index contributed by atoms with van der Waals surface area (Å²) in [4.78, 5) is 0. The molecule has 0 bridgehead atoms. The van der Waals surface area contributed by atoms with Crippen molar-refractivity contribution in [2.75, 3.05) is 0 Å². The Balaban J connectivity index is 0.000000720. The van der Waals surface area contributed by atoms with E-state index >= 15 is 0 Å². The first-order valence-electron chi connectivity index (χ1n) is 3.89. The highest BCUT2D eigenvalue weighted by Gasteiger charge is 2.21. The van der Waals surface area contributed by atoms with Gasteiger partial charge in [-0.25, -0.2) is 4.39 Å². The predicted molar refractivity (Wildman–Crippen MR) is 40.4 cm³/mol. The summed E-state index contributed by atoms with van der Waals surface area (Å²) in [5, 5.41) is 0. The number of hydrogen-bond acceptors (Lipinski definition) is 0. The summed E-state index contributed by atoms with van der Waals surface area (Å²) in [7, 11) is 0. The summed E-state index contributed by atoms with van der Waals surface area (Å²) in [5.41, 5.74) is 6.36. The third-order valence-electron chi connectivity index (χ3n) is 2.31. The number of aryl methyl sites for hydroxylation is 1. The number of rotatable bonds is 0. The molecule has 2 rings (SSSR count). The first-order valence-corrected chi connectivity index (χ1v) is 3.89. The minimum atomic E-state index is -0.127. The molecule has 66 valence electrons. The van der Waals surface area contributed by atoms with Gasteiger partial charge in [0, 0.05) is 12.0 Å². The summed E-state index contributed by atoms with van der Waals surface area (Å²) < 4.78 is 12.7.